The van der Waals surface area contributed by atoms with E-state index in [1.807, 2.05) is 0 Å². The van der Waals surface area contributed by atoms with Crippen molar-refractivity contribution in [2.24, 2.45) is 10.8 Å². The standard InChI is InChI=1S/C23H32O7/c1-14-8-9-22(12-24)18(10-14)29-19-11-17(21(22,3)23(19)13-28-23)30-20(27)7-5-4-6-16(26)15(2)25/h4-7,10,15-19,24-26H,8-9,11-13H2,1-3H3/b6-4+,7-5-/t15-,16+,17+,18+,19+,21+,22+,23-/m0/s1. The van der Waals surface area contributed by atoms with E-state index in [1.165, 1.54) is 36.8 Å². The first-order chi connectivity index (χ1) is 14.2. The monoisotopic (exact) mass is 420 g/mol. The molecule has 0 unspecified atom stereocenters. The first-order valence-corrected chi connectivity index (χ1v) is 10.7. The molecule has 166 valence electrons. The molecule has 1 saturated carbocycles. The van der Waals surface area contributed by atoms with Crippen molar-refractivity contribution in [2.75, 3.05) is 13.2 Å². The Kier molecular flexibility index (Phi) is 5.48. The second-order valence-corrected chi connectivity index (χ2v) is 9.39. The maximum absolute atomic E-state index is 12.5. The number of aliphatic hydroxyl groups excluding tert-OH is 3. The van der Waals surface area contributed by atoms with Gasteiger partial charge in [-0.3, -0.25) is 0 Å². The molecule has 4 rings (SSSR count). The molecule has 1 spiro atoms. The van der Waals surface area contributed by atoms with Gasteiger partial charge in [-0.1, -0.05) is 36.8 Å². The average Bonchev–Trinajstić information content (AvgIpc) is 3.48. The summed E-state index contributed by atoms with van der Waals surface area (Å²) in [6.45, 7) is 6.14. The van der Waals surface area contributed by atoms with Gasteiger partial charge in [-0.25, -0.2) is 4.79 Å². The molecule has 2 aliphatic carbocycles. The van der Waals surface area contributed by atoms with Crippen LogP contribution in [0.5, 0.6) is 0 Å². The summed E-state index contributed by atoms with van der Waals surface area (Å²) in [6.07, 6.45) is 7.27. The van der Waals surface area contributed by atoms with Crippen molar-refractivity contribution >= 4 is 5.97 Å². The maximum atomic E-state index is 12.5. The van der Waals surface area contributed by atoms with Crippen LogP contribution in [0.25, 0.3) is 0 Å². The second kappa shape index (κ2) is 7.57. The van der Waals surface area contributed by atoms with Crippen LogP contribution in [0.3, 0.4) is 0 Å². The molecule has 0 radical (unpaired) electrons. The molecule has 2 saturated heterocycles. The van der Waals surface area contributed by atoms with E-state index < -0.39 is 40.7 Å². The third kappa shape index (κ3) is 3.02. The van der Waals surface area contributed by atoms with Crippen molar-refractivity contribution in [2.45, 2.75) is 76.2 Å². The number of hydrogen-bond acceptors (Lipinski definition) is 7. The normalized spacial score (nSPS) is 44.2. The van der Waals surface area contributed by atoms with Crippen molar-refractivity contribution in [3.8, 4) is 0 Å². The Balaban J connectivity index is 1.55. The Morgan fingerprint density at radius 2 is 2.13 bits per heavy atom. The number of esters is 1. The largest absolute Gasteiger partial charge is 0.458 e. The number of carbonyl (C=O) groups excluding carboxylic acids is 1. The van der Waals surface area contributed by atoms with Gasteiger partial charge in [0.2, 0.25) is 0 Å². The van der Waals surface area contributed by atoms with Crippen LogP contribution in [0.2, 0.25) is 0 Å². The first kappa shape index (κ1) is 21.7. The number of ether oxygens (including phenoxy) is 3. The van der Waals surface area contributed by atoms with Crippen LogP contribution in [0.1, 0.15) is 40.0 Å². The molecule has 2 bridgehead atoms. The van der Waals surface area contributed by atoms with Gasteiger partial charge in [-0.15, -0.1) is 0 Å². The number of aliphatic hydroxyl groups is 3. The lowest BCUT2D eigenvalue weighted by atomic mass is 9.51. The number of allylic oxidation sites excluding steroid dienone is 3. The maximum Gasteiger partial charge on any atom is 0.331 e. The Bertz CT molecular complexity index is 780. The molecule has 4 aliphatic rings. The molecule has 3 fully saturated rings. The lowest BCUT2D eigenvalue weighted by Gasteiger charge is -2.58. The van der Waals surface area contributed by atoms with E-state index in [-0.39, 0.29) is 18.8 Å². The van der Waals surface area contributed by atoms with Gasteiger partial charge in [-0.2, -0.15) is 0 Å². The zero-order valence-electron chi connectivity index (χ0n) is 17.8. The minimum absolute atomic E-state index is 0.0559. The van der Waals surface area contributed by atoms with E-state index in [0.717, 1.165) is 12.8 Å². The molecule has 3 N–H and O–H groups in total. The zero-order chi connectivity index (χ0) is 21.7. The quantitative estimate of drug-likeness (QED) is 0.196. The summed E-state index contributed by atoms with van der Waals surface area (Å²) in [5, 5.41) is 29.4. The van der Waals surface area contributed by atoms with Crippen molar-refractivity contribution < 1.29 is 34.3 Å². The van der Waals surface area contributed by atoms with E-state index in [4.69, 9.17) is 14.2 Å². The highest BCUT2D eigenvalue weighted by atomic mass is 16.6. The van der Waals surface area contributed by atoms with Gasteiger partial charge in [0.15, 0.2) is 0 Å². The molecule has 2 aliphatic heterocycles. The number of carbonyl (C=O) groups is 1. The van der Waals surface area contributed by atoms with Crippen molar-refractivity contribution in [3.05, 3.63) is 36.0 Å². The van der Waals surface area contributed by atoms with Gasteiger partial charge < -0.3 is 29.5 Å². The van der Waals surface area contributed by atoms with E-state index in [9.17, 15) is 20.1 Å². The number of epoxide rings is 1. The van der Waals surface area contributed by atoms with Crippen LogP contribution in [0.15, 0.2) is 36.0 Å². The van der Waals surface area contributed by atoms with Crippen molar-refractivity contribution in [3.63, 3.8) is 0 Å². The summed E-state index contributed by atoms with van der Waals surface area (Å²) in [6, 6.07) is 0. The molecule has 7 nitrogen and oxygen atoms in total. The first-order valence-electron chi connectivity index (χ1n) is 10.7. The van der Waals surface area contributed by atoms with E-state index in [0.29, 0.717) is 13.0 Å². The van der Waals surface area contributed by atoms with E-state index in [1.54, 1.807) is 0 Å². The van der Waals surface area contributed by atoms with Crippen molar-refractivity contribution in [1.82, 2.24) is 0 Å². The third-order valence-corrected chi connectivity index (χ3v) is 7.90. The van der Waals surface area contributed by atoms with Crippen LogP contribution in [-0.2, 0) is 19.0 Å². The molecule has 0 aromatic rings. The van der Waals surface area contributed by atoms with Gasteiger partial charge >= 0.3 is 5.97 Å². The smallest absolute Gasteiger partial charge is 0.331 e. The van der Waals surface area contributed by atoms with Crippen LogP contribution in [0.4, 0.5) is 0 Å². The average molecular weight is 421 g/mol. The minimum atomic E-state index is -0.994. The van der Waals surface area contributed by atoms with E-state index in [2.05, 4.69) is 19.9 Å². The minimum Gasteiger partial charge on any atom is -0.458 e. The summed E-state index contributed by atoms with van der Waals surface area (Å²) < 4.78 is 18.3. The Morgan fingerprint density at radius 3 is 2.77 bits per heavy atom. The summed E-state index contributed by atoms with van der Waals surface area (Å²) >= 11 is 0. The Morgan fingerprint density at radius 1 is 1.40 bits per heavy atom. The van der Waals surface area contributed by atoms with E-state index >= 15 is 0 Å². The third-order valence-electron chi connectivity index (χ3n) is 7.90. The lowest BCUT2D eigenvalue weighted by Crippen LogP contribution is -2.66. The molecule has 7 heteroatoms. The number of hydrogen-bond donors (Lipinski definition) is 3. The van der Waals surface area contributed by atoms with Gasteiger partial charge in [0.25, 0.3) is 0 Å². The summed E-state index contributed by atoms with van der Waals surface area (Å²) in [5.74, 6) is -0.493. The highest BCUT2D eigenvalue weighted by Gasteiger charge is 2.82. The lowest BCUT2D eigenvalue weighted by molar-refractivity contribution is -0.228. The zero-order valence-corrected chi connectivity index (χ0v) is 17.8. The van der Waals surface area contributed by atoms with Crippen LogP contribution in [0, 0.1) is 10.8 Å². The summed E-state index contributed by atoms with van der Waals surface area (Å²) in [5.41, 5.74) is -0.378. The number of rotatable bonds is 6. The van der Waals surface area contributed by atoms with Crippen LogP contribution >= 0.6 is 0 Å². The van der Waals surface area contributed by atoms with Gasteiger partial charge in [0.05, 0.1) is 37.6 Å². The van der Waals surface area contributed by atoms with Gasteiger partial charge in [0.1, 0.15) is 11.7 Å². The molecule has 2 heterocycles. The Labute approximate surface area is 177 Å². The van der Waals surface area contributed by atoms with Crippen LogP contribution in [-0.4, -0.2) is 70.6 Å². The fourth-order valence-electron chi connectivity index (χ4n) is 5.82. The predicted molar refractivity (Wildman–Crippen MR) is 108 cm³/mol. The Hall–Kier alpha value is -1.51. The van der Waals surface area contributed by atoms with Gasteiger partial charge in [-0.05, 0) is 26.7 Å². The second-order valence-electron chi connectivity index (χ2n) is 9.39. The molecule has 30 heavy (non-hydrogen) atoms. The van der Waals surface area contributed by atoms with Crippen molar-refractivity contribution in [1.29, 1.82) is 0 Å². The molecule has 0 amide bonds. The molecular weight excluding hydrogens is 388 g/mol. The topological polar surface area (TPSA) is 109 Å². The summed E-state index contributed by atoms with van der Waals surface area (Å²) in [4.78, 5) is 12.5. The highest BCUT2D eigenvalue weighted by molar-refractivity contribution is 5.82. The highest BCUT2D eigenvalue weighted by Crippen LogP contribution is 2.71. The summed E-state index contributed by atoms with van der Waals surface area (Å²) in [7, 11) is 0. The molecule has 0 aromatic heterocycles. The SMILES string of the molecule is CC1=C[C@H]2O[C@@H]3C[C@@H](OC(=O)/C=C\C=C\[C@@H](O)[C@H](C)O)[C@](C)([C@@]2(CO)CC1)[C@]31CO1. The molecule has 0 aromatic carbocycles. The number of fused-ring (bicyclic) bond motifs is 2. The fraction of sp³-hybridized carbons (Fsp3) is 0.696. The predicted octanol–water partition coefficient (Wildman–Crippen LogP) is 1.42. The fourth-order valence-corrected chi connectivity index (χ4v) is 5.82. The molecular formula is C23H32O7. The van der Waals surface area contributed by atoms with Gasteiger partial charge in [0, 0.05) is 23.3 Å². The van der Waals surface area contributed by atoms with Crippen LogP contribution < -0.4 is 0 Å². The molecule has 8 atom stereocenters.